The molecule has 2 N–H and O–H groups in total. The Morgan fingerprint density at radius 3 is 2.63 bits per heavy atom. The summed E-state index contributed by atoms with van der Waals surface area (Å²) in [6.45, 7) is 2.12. The van der Waals surface area contributed by atoms with Crippen molar-refractivity contribution in [1.29, 1.82) is 0 Å². The fraction of sp³-hybridized carbons (Fsp3) is 0.348. The van der Waals surface area contributed by atoms with Crippen molar-refractivity contribution in [2.45, 2.75) is 44.6 Å². The van der Waals surface area contributed by atoms with Crippen LogP contribution in [0.1, 0.15) is 42.7 Å². The monoisotopic (exact) mass is 360 g/mol. The number of aromatic nitrogens is 1. The van der Waals surface area contributed by atoms with Crippen LogP contribution in [0, 0.1) is 12.8 Å². The molecule has 2 saturated carbocycles. The predicted octanol–water partition coefficient (Wildman–Crippen LogP) is 5.15. The highest BCUT2D eigenvalue weighted by molar-refractivity contribution is 6.03. The summed E-state index contributed by atoms with van der Waals surface area (Å²) >= 11 is 0. The summed E-state index contributed by atoms with van der Waals surface area (Å²) in [7, 11) is 0. The first-order valence-electron chi connectivity index (χ1n) is 9.81. The lowest BCUT2D eigenvalue weighted by Gasteiger charge is -2.35. The van der Waals surface area contributed by atoms with Crippen LogP contribution in [0.4, 0.5) is 5.69 Å². The number of H-pyrrole nitrogens is 1. The molecule has 1 amide bonds. The van der Waals surface area contributed by atoms with Gasteiger partial charge in [0.05, 0.1) is 11.8 Å². The summed E-state index contributed by atoms with van der Waals surface area (Å²) in [5, 5.41) is 4.05. The Hall–Kier alpha value is -2.75. The maximum Gasteiger partial charge on any atom is 0.227 e. The van der Waals surface area contributed by atoms with E-state index in [1.165, 1.54) is 11.1 Å². The lowest BCUT2D eigenvalue weighted by Crippen LogP contribution is -2.32. The molecule has 0 atom stereocenters. The summed E-state index contributed by atoms with van der Waals surface area (Å²) in [6.07, 6.45) is 6.25. The SMILES string of the molecule is Cc1ccc(C2CC(Oc3ccc4[nH]cc(NC(=O)C5CC5)c4c3)C2)cc1. The maximum atomic E-state index is 12.1. The van der Waals surface area contributed by atoms with Gasteiger partial charge in [-0.1, -0.05) is 29.8 Å². The van der Waals surface area contributed by atoms with Crippen LogP contribution in [0.15, 0.2) is 48.7 Å². The van der Waals surface area contributed by atoms with Crippen LogP contribution in [0.25, 0.3) is 10.9 Å². The van der Waals surface area contributed by atoms with E-state index in [2.05, 4.69) is 41.5 Å². The normalized spacial score (nSPS) is 21.7. The Morgan fingerprint density at radius 2 is 1.89 bits per heavy atom. The van der Waals surface area contributed by atoms with Gasteiger partial charge in [-0.15, -0.1) is 0 Å². The van der Waals surface area contributed by atoms with E-state index in [0.717, 1.165) is 48.0 Å². The predicted molar refractivity (Wildman–Crippen MR) is 107 cm³/mol. The van der Waals surface area contributed by atoms with Crippen molar-refractivity contribution < 1.29 is 9.53 Å². The second-order valence-electron chi connectivity index (χ2n) is 7.99. The fourth-order valence-electron chi connectivity index (χ4n) is 3.82. The van der Waals surface area contributed by atoms with Crippen molar-refractivity contribution in [2.75, 3.05) is 5.32 Å². The van der Waals surface area contributed by atoms with Crippen LogP contribution in [-0.4, -0.2) is 17.0 Å². The van der Waals surface area contributed by atoms with E-state index in [1.807, 2.05) is 24.4 Å². The topological polar surface area (TPSA) is 54.1 Å². The second kappa shape index (κ2) is 6.45. The van der Waals surface area contributed by atoms with Crippen LogP contribution >= 0.6 is 0 Å². The summed E-state index contributed by atoms with van der Waals surface area (Å²) in [5.41, 5.74) is 4.57. The third kappa shape index (κ3) is 3.32. The molecule has 0 radical (unpaired) electrons. The second-order valence-corrected chi connectivity index (χ2v) is 7.99. The molecule has 2 aliphatic rings. The van der Waals surface area contributed by atoms with Gasteiger partial charge in [0, 0.05) is 23.0 Å². The first-order chi connectivity index (χ1) is 13.2. The number of hydrogen-bond donors (Lipinski definition) is 2. The zero-order valence-corrected chi connectivity index (χ0v) is 15.5. The lowest BCUT2D eigenvalue weighted by atomic mass is 9.77. The standard InChI is InChI=1S/C23H24N2O2/c1-14-2-4-15(5-3-14)17-10-19(11-17)27-18-8-9-21-20(12-18)22(13-24-21)25-23(26)16-6-7-16/h2-5,8-9,12-13,16-17,19,24H,6-7,10-11H2,1H3,(H,25,26). The molecule has 0 unspecified atom stereocenters. The van der Waals surface area contributed by atoms with E-state index in [4.69, 9.17) is 4.74 Å². The van der Waals surface area contributed by atoms with E-state index in [0.29, 0.717) is 5.92 Å². The van der Waals surface area contributed by atoms with Gasteiger partial charge >= 0.3 is 0 Å². The van der Waals surface area contributed by atoms with Gasteiger partial charge in [0.25, 0.3) is 0 Å². The van der Waals surface area contributed by atoms with E-state index in [-0.39, 0.29) is 17.9 Å². The first kappa shape index (κ1) is 16.4. The van der Waals surface area contributed by atoms with Gasteiger partial charge in [-0.3, -0.25) is 4.79 Å². The number of carbonyl (C=O) groups excluding carboxylic acids is 1. The number of nitrogens with one attached hydrogen (secondary N) is 2. The molecule has 4 heteroatoms. The molecule has 27 heavy (non-hydrogen) atoms. The Morgan fingerprint density at radius 1 is 1.11 bits per heavy atom. The van der Waals surface area contributed by atoms with Crippen molar-refractivity contribution in [2.24, 2.45) is 5.92 Å². The number of rotatable bonds is 5. The average Bonchev–Trinajstić information content (AvgIpc) is 3.42. The smallest absolute Gasteiger partial charge is 0.227 e. The number of carbonyl (C=O) groups is 1. The van der Waals surface area contributed by atoms with Gasteiger partial charge in [-0.05, 0) is 62.3 Å². The quantitative estimate of drug-likeness (QED) is 0.661. The molecule has 5 rings (SSSR count). The average molecular weight is 360 g/mol. The number of aromatic amines is 1. The number of anilines is 1. The summed E-state index contributed by atoms with van der Waals surface area (Å²) < 4.78 is 6.20. The number of benzene rings is 2. The van der Waals surface area contributed by atoms with E-state index >= 15 is 0 Å². The third-order valence-corrected chi connectivity index (χ3v) is 5.81. The molecule has 0 saturated heterocycles. The van der Waals surface area contributed by atoms with Gasteiger partial charge in [0.15, 0.2) is 0 Å². The maximum absolute atomic E-state index is 12.1. The number of fused-ring (bicyclic) bond motifs is 1. The minimum atomic E-state index is 0.127. The van der Waals surface area contributed by atoms with Crippen LogP contribution in [0.2, 0.25) is 0 Å². The van der Waals surface area contributed by atoms with Gasteiger partial charge in [-0.25, -0.2) is 0 Å². The molecule has 0 bridgehead atoms. The Kier molecular flexibility index (Phi) is 3.92. The van der Waals surface area contributed by atoms with E-state index < -0.39 is 0 Å². The summed E-state index contributed by atoms with van der Waals surface area (Å²) in [6, 6.07) is 14.9. The Labute approximate surface area is 158 Å². The molecule has 0 aliphatic heterocycles. The minimum Gasteiger partial charge on any atom is -0.490 e. The molecule has 138 valence electrons. The zero-order chi connectivity index (χ0) is 18.4. The Balaban J connectivity index is 1.25. The Bertz CT molecular complexity index is 979. The van der Waals surface area contributed by atoms with Crippen molar-refractivity contribution in [3.05, 3.63) is 59.8 Å². The van der Waals surface area contributed by atoms with Crippen LogP contribution in [0.3, 0.4) is 0 Å². The highest BCUT2D eigenvalue weighted by Crippen LogP contribution is 2.40. The number of aryl methyl sites for hydroxylation is 1. The van der Waals surface area contributed by atoms with Gasteiger partial charge in [-0.2, -0.15) is 0 Å². The molecule has 1 aromatic heterocycles. The highest BCUT2D eigenvalue weighted by atomic mass is 16.5. The largest absolute Gasteiger partial charge is 0.490 e. The van der Waals surface area contributed by atoms with Crippen molar-refractivity contribution >= 4 is 22.5 Å². The van der Waals surface area contributed by atoms with Crippen molar-refractivity contribution in [3.8, 4) is 5.75 Å². The third-order valence-electron chi connectivity index (χ3n) is 5.81. The first-order valence-corrected chi connectivity index (χ1v) is 9.81. The van der Waals surface area contributed by atoms with Gasteiger partial charge < -0.3 is 15.0 Å². The van der Waals surface area contributed by atoms with E-state index in [1.54, 1.807) is 0 Å². The molecule has 2 aromatic carbocycles. The minimum absolute atomic E-state index is 0.127. The van der Waals surface area contributed by atoms with E-state index in [9.17, 15) is 4.79 Å². The zero-order valence-electron chi connectivity index (χ0n) is 15.5. The summed E-state index contributed by atoms with van der Waals surface area (Å²) in [5.74, 6) is 1.79. The van der Waals surface area contributed by atoms with Crippen LogP contribution in [0.5, 0.6) is 5.75 Å². The lowest BCUT2D eigenvalue weighted by molar-refractivity contribution is -0.117. The number of amides is 1. The van der Waals surface area contributed by atoms with Gasteiger partial charge in [0.2, 0.25) is 5.91 Å². The summed E-state index contributed by atoms with van der Waals surface area (Å²) in [4.78, 5) is 15.3. The highest BCUT2D eigenvalue weighted by Gasteiger charge is 2.32. The molecule has 2 fully saturated rings. The van der Waals surface area contributed by atoms with Crippen molar-refractivity contribution in [3.63, 3.8) is 0 Å². The molecule has 0 spiro atoms. The molecule has 1 heterocycles. The number of ether oxygens (including phenoxy) is 1. The van der Waals surface area contributed by atoms with Gasteiger partial charge in [0.1, 0.15) is 5.75 Å². The van der Waals surface area contributed by atoms with Crippen LogP contribution < -0.4 is 10.1 Å². The molecule has 2 aliphatic carbocycles. The van der Waals surface area contributed by atoms with Crippen molar-refractivity contribution in [1.82, 2.24) is 4.98 Å². The van der Waals surface area contributed by atoms with Crippen LogP contribution in [-0.2, 0) is 4.79 Å². The molecular formula is C23H24N2O2. The fourth-order valence-corrected chi connectivity index (χ4v) is 3.82. The molecule has 3 aromatic rings. The molecule has 4 nitrogen and oxygen atoms in total. The number of hydrogen-bond acceptors (Lipinski definition) is 2. The molecular weight excluding hydrogens is 336 g/mol.